The van der Waals surface area contributed by atoms with Crippen molar-refractivity contribution in [2.45, 2.75) is 64.2 Å². The summed E-state index contributed by atoms with van der Waals surface area (Å²) < 4.78 is 4.10. The molecule has 6 rings (SSSR count). The van der Waals surface area contributed by atoms with E-state index in [2.05, 4.69) is 35.0 Å². The molecule has 35 heavy (non-hydrogen) atoms. The number of nitrogens with one attached hydrogen (secondary N) is 1. The van der Waals surface area contributed by atoms with Gasteiger partial charge in [0.15, 0.2) is 0 Å². The number of aromatic nitrogens is 2. The Hall–Kier alpha value is -3.32. The average molecular weight is 487 g/mol. The van der Waals surface area contributed by atoms with Gasteiger partial charge in [0.25, 0.3) is 5.91 Å². The molecule has 6 nitrogen and oxygen atoms in total. The Labute approximate surface area is 209 Å². The van der Waals surface area contributed by atoms with Gasteiger partial charge in [0.2, 0.25) is 5.91 Å². The van der Waals surface area contributed by atoms with Crippen LogP contribution >= 0.6 is 11.3 Å². The van der Waals surface area contributed by atoms with Gasteiger partial charge >= 0.3 is 0 Å². The van der Waals surface area contributed by atoms with E-state index in [0.29, 0.717) is 18.8 Å². The summed E-state index contributed by atoms with van der Waals surface area (Å²) in [5, 5.41) is 6.34. The second-order valence-electron chi connectivity index (χ2n) is 10.1. The first kappa shape index (κ1) is 22.2. The van der Waals surface area contributed by atoms with E-state index >= 15 is 0 Å². The fourth-order valence-corrected chi connectivity index (χ4v) is 6.42. The summed E-state index contributed by atoms with van der Waals surface area (Å²) >= 11 is 1.62. The van der Waals surface area contributed by atoms with Crippen molar-refractivity contribution in [1.82, 2.24) is 19.4 Å². The maximum Gasteiger partial charge on any atom is 0.273 e. The maximum atomic E-state index is 14.4. The molecule has 1 aromatic carbocycles. The Morgan fingerprint density at radius 1 is 1.14 bits per heavy atom. The number of hydrogen-bond donors (Lipinski definition) is 1. The molecule has 1 saturated carbocycles. The molecule has 0 radical (unpaired) electrons. The molecule has 1 aliphatic carbocycles. The van der Waals surface area contributed by atoms with Crippen molar-refractivity contribution in [3.8, 4) is 5.69 Å². The van der Waals surface area contributed by atoms with Gasteiger partial charge < -0.3 is 19.4 Å². The van der Waals surface area contributed by atoms with Gasteiger partial charge in [-0.1, -0.05) is 30.5 Å². The largest absolute Gasteiger partial charge is 0.351 e. The Bertz CT molecular complexity index is 1400. The summed E-state index contributed by atoms with van der Waals surface area (Å²) in [4.78, 5) is 31.1. The number of nitrogens with zero attached hydrogens (tertiary/aromatic N) is 3. The van der Waals surface area contributed by atoms with E-state index in [4.69, 9.17) is 0 Å². The molecule has 7 heteroatoms. The monoisotopic (exact) mass is 486 g/mol. The van der Waals surface area contributed by atoms with Crippen LogP contribution in [0.3, 0.4) is 0 Å². The Morgan fingerprint density at radius 2 is 1.91 bits per heavy atom. The minimum atomic E-state index is -0.999. The number of benzene rings is 1. The van der Waals surface area contributed by atoms with Gasteiger partial charge in [-0.25, -0.2) is 0 Å². The predicted molar refractivity (Wildman–Crippen MR) is 139 cm³/mol. The molecule has 2 aliphatic rings. The lowest BCUT2D eigenvalue weighted by molar-refractivity contribution is -0.133. The topological polar surface area (TPSA) is 59.3 Å². The van der Waals surface area contributed by atoms with Gasteiger partial charge in [-0.05, 0) is 62.4 Å². The number of hydrogen-bond acceptors (Lipinski definition) is 3. The minimum absolute atomic E-state index is 0.0589. The lowest BCUT2D eigenvalue weighted by Crippen LogP contribution is -2.64. The highest BCUT2D eigenvalue weighted by molar-refractivity contribution is 7.09. The number of carbonyl (C=O) groups is 2. The van der Waals surface area contributed by atoms with Crippen molar-refractivity contribution in [1.29, 1.82) is 0 Å². The van der Waals surface area contributed by atoms with Crippen LogP contribution in [-0.2, 0) is 17.9 Å². The summed E-state index contributed by atoms with van der Waals surface area (Å²) in [6.07, 6.45) is 8.27. The van der Waals surface area contributed by atoms with Crippen LogP contribution in [0.15, 0.2) is 60.2 Å². The summed E-state index contributed by atoms with van der Waals surface area (Å²) in [7, 11) is 0. The van der Waals surface area contributed by atoms with Crippen LogP contribution in [0.5, 0.6) is 0 Å². The van der Waals surface area contributed by atoms with Crippen LogP contribution in [0.1, 0.15) is 53.5 Å². The van der Waals surface area contributed by atoms with Crippen molar-refractivity contribution in [2.24, 2.45) is 0 Å². The molecule has 3 aromatic heterocycles. The molecule has 2 amide bonds. The fraction of sp³-hybridized carbons (Fsp3) is 0.357. The van der Waals surface area contributed by atoms with Crippen LogP contribution in [0.4, 0.5) is 0 Å². The highest BCUT2D eigenvalue weighted by Gasteiger charge is 2.49. The number of aryl methyl sites for hydroxylation is 1. The van der Waals surface area contributed by atoms with Crippen molar-refractivity contribution < 1.29 is 9.59 Å². The van der Waals surface area contributed by atoms with Crippen LogP contribution in [0.2, 0.25) is 0 Å². The fourth-order valence-electron chi connectivity index (χ4n) is 5.73. The van der Waals surface area contributed by atoms with Crippen molar-refractivity contribution >= 4 is 34.1 Å². The molecule has 0 unspecified atom stereocenters. The number of fused-ring (bicyclic) bond motifs is 3. The second-order valence-corrected chi connectivity index (χ2v) is 11.1. The number of carbonyl (C=O) groups excluding carboxylic acids is 2. The van der Waals surface area contributed by atoms with E-state index in [-0.39, 0.29) is 17.9 Å². The van der Waals surface area contributed by atoms with E-state index in [9.17, 15) is 9.59 Å². The normalized spacial score (nSPS) is 20.5. The Balaban J connectivity index is 1.53. The molecule has 1 aliphatic heterocycles. The van der Waals surface area contributed by atoms with E-state index in [1.54, 1.807) is 16.2 Å². The van der Waals surface area contributed by atoms with E-state index in [1.807, 2.05) is 53.5 Å². The van der Waals surface area contributed by atoms with Gasteiger partial charge in [0.1, 0.15) is 11.2 Å². The number of amides is 2. The minimum Gasteiger partial charge on any atom is -0.351 e. The first-order chi connectivity index (χ1) is 17.0. The molecular weight excluding hydrogens is 456 g/mol. The summed E-state index contributed by atoms with van der Waals surface area (Å²) in [5.74, 6) is -0.164. The van der Waals surface area contributed by atoms with Crippen LogP contribution in [-0.4, -0.2) is 37.4 Å². The summed E-state index contributed by atoms with van der Waals surface area (Å²) in [5.41, 5.74) is 2.65. The van der Waals surface area contributed by atoms with Crippen LogP contribution in [0.25, 0.3) is 16.6 Å². The lowest BCUT2D eigenvalue weighted by atomic mass is 9.93. The van der Waals surface area contributed by atoms with Gasteiger partial charge in [0.05, 0.1) is 24.3 Å². The zero-order chi connectivity index (χ0) is 24.2. The molecule has 180 valence electrons. The molecule has 1 N–H and O–H groups in total. The SMILES string of the molecule is Cc1ccc2c(c1)c(-n1cccc1)c1n2C[C@](C)(C(=O)NC2CCCC2)N(Cc2cccs2)C1=O. The third kappa shape index (κ3) is 3.60. The predicted octanol–water partition coefficient (Wildman–Crippen LogP) is 5.28. The molecule has 0 bridgehead atoms. The van der Waals surface area contributed by atoms with E-state index < -0.39 is 5.54 Å². The zero-order valence-electron chi connectivity index (χ0n) is 20.2. The molecule has 1 atom stereocenters. The summed E-state index contributed by atoms with van der Waals surface area (Å²) in [6, 6.07) is 14.5. The smallest absolute Gasteiger partial charge is 0.273 e. The lowest BCUT2D eigenvalue weighted by Gasteiger charge is -2.44. The van der Waals surface area contributed by atoms with Gasteiger partial charge in [0, 0.05) is 28.7 Å². The van der Waals surface area contributed by atoms with Crippen LogP contribution < -0.4 is 5.32 Å². The molecule has 0 spiro atoms. The van der Waals surface area contributed by atoms with Crippen molar-refractivity contribution in [3.05, 3.63) is 76.4 Å². The highest BCUT2D eigenvalue weighted by Crippen LogP contribution is 2.39. The highest BCUT2D eigenvalue weighted by atomic mass is 32.1. The average Bonchev–Trinajstić information content (AvgIpc) is 3.64. The number of thiophene rings is 1. The Morgan fingerprint density at radius 3 is 2.63 bits per heavy atom. The standard InChI is InChI=1S/C28H30N4O2S/c1-19-11-12-23-22(16-19)24(30-13-5-6-14-30)25-26(33)32(17-21-10-7-15-35-21)28(2,18-31(23)25)27(34)29-20-8-3-4-9-20/h5-7,10-16,20H,3-4,8-9,17-18H2,1-2H3,(H,29,34)/t28-/m1/s1. The molecule has 4 heterocycles. The second kappa shape index (κ2) is 8.41. The first-order valence-corrected chi connectivity index (χ1v) is 13.3. The zero-order valence-corrected chi connectivity index (χ0v) is 21.0. The molecule has 1 fully saturated rings. The first-order valence-electron chi connectivity index (χ1n) is 12.4. The Kier molecular flexibility index (Phi) is 5.33. The van der Waals surface area contributed by atoms with Crippen molar-refractivity contribution in [2.75, 3.05) is 0 Å². The van der Waals surface area contributed by atoms with Crippen molar-refractivity contribution in [3.63, 3.8) is 0 Å². The van der Waals surface area contributed by atoms with Gasteiger partial charge in [-0.15, -0.1) is 11.3 Å². The molecule has 0 saturated heterocycles. The van der Waals surface area contributed by atoms with E-state index in [0.717, 1.165) is 52.7 Å². The van der Waals surface area contributed by atoms with Gasteiger partial charge in [-0.2, -0.15) is 0 Å². The number of rotatable bonds is 5. The van der Waals surface area contributed by atoms with E-state index in [1.165, 1.54) is 0 Å². The molecular formula is C28H30N4O2S. The van der Waals surface area contributed by atoms with Gasteiger partial charge in [-0.3, -0.25) is 9.59 Å². The van der Waals surface area contributed by atoms with Crippen LogP contribution in [0, 0.1) is 6.92 Å². The third-order valence-corrected chi connectivity index (χ3v) is 8.50. The summed E-state index contributed by atoms with van der Waals surface area (Å²) in [6.45, 7) is 4.83. The molecule has 4 aromatic rings. The maximum absolute atomic E-state index is 14.4. The quantitative estimate of drug-likeness (QED) is 0.418. The third-order valence-electron chi connectivity index (χ3n) is 7.64.